The van der Waals surface area contributed by atoms with Crippen LogP contribution in [0.3, 0.4) is 0 Å². The summed E-state index contributed by atoms with van der Waals surface area (Å²) in [5.74, 6) is 0.826. The first-order valence-corrected chi connectivity index (χ1v) is 7.84. The monoisotopic (exact) mass is 258 g/mol. The molecule has 0 saturated carbocycles. The highest BCUT2D eigenvalue weighted by atomic mass is 15.2. The van der Waals surface area contributed by atoms with Crippen molar-refractivity contribution in [3.63, 3.8) is 0 Å². The van der Waals surface area contributed by atoms with E-state index in [0.29, 0.717) is 5.54 Å². The van der Waals surface area contributed by atoms with E-state index in [0.717, 1.165) is 12.5 Å². The zero-order valence-electron chi connectivity index (χ0n) is 12.1. The fourth-order valence-corrected chi connectivity index (χ4v) is 4.04. The highest BCUT2D eigenvalue weighted by Gasteiger charge is 2.43. The normalized spacial score (nSPS) is 31.9. The van der Waals surface area contributed by atoms with Crippen molar-refractivity contribution in [1.82, 2.24) is 10.2 Å². The number of nitrogens with one attached hydrogen (secondary N) is 1. The van der Waals surface area contributed by atoms with Crippen LogP contribution in [0.15, 0.2) is 30.3 Å². The highest BCUT2D eigenvalue weighted by molar-refractivity contribution is 5.15. The number of piperidine rings is 1. The molecule has 2 atom stereocenters. The smallest absolute Gasteiger partial charge is 0.0234 e. The molecule has 2 fully saturated rings. The van der Waals surface area contributed by atoms with Crippen LogP contribution >= 0.6 is 0 Å². The summed E-state index contributed by atoms with van der Waals surface area (Å²) in [6.07, 6.45) is 5.40. The van der Waals surface area contributed by atoms with Crippen LogP contribution in [0.25, 0.3) is 0 Å². The number of hydrogen-bond donors (Lipinski definition) is 1. The molecule has 104 valence electrons. The minimum absolute atomic E-state index is 0.474. The molecule has 0 aromatic heterocycles. The van der Waals surface area contributed by atoms with E-state index in [-0.39, 0.29) is 0 Å². The highest BCUT2D eigenvalue weighted by Crippen LogP contribution is 2.37. The average molecular weight is 258 g/mol. The fraction of sp³-hybridized carbons (Fsp3) is 0.647. The summed E-state index contributed by atoms with van der Waals surface area (Å²) in [5, 5.41) is 3.83. The Kier molecular flexibility index (Phi) is 3.90. The molecule has 2 aliphatic rings. The van der Waals surface area contributed by atoms with E-state index in [2.05, 4.69) is 47.5 Å². The quantitative estimate of drug-likeness (QED) is 0.896. The van der Waals surface area contributed by atoms with E-state index in [1.165, 1.54) is 50.9 Å². The minimum atomic E-state index is 0.474. The maximum atomic E-state index is 3.83. The van der Waals surface area contributed by atoms with Gasteiger partial charge in [-0.1, -0.05) is 43.7 Å². The third-order valence-corrected chi connectivity index (χ3v) is 5.15. The lowest BCUT2D eigenvalue weighted by Gasteiger charge is -2.46. The number of benzene rings is 1. The van der Waals surface area contributed by atoms with Gasteiger partial charge in [0, 0.05) is 25.2 Å². The Morgan fingerprint density at radius 2 is 2.11 bits per heavy atom. The molecule has 0 unspecified atom stereocenters. The van der Waals surface area contributed by atoms with Gasteiger partial charge in [-0.25, -0.2) is 0 Å². The first-order chi connectivity index (χ1) is 9.32. The van der Waals surface area contributed by atoms with Crippen molar-refractivity contribution < 1.29 is 0 Å². The van der Waals surface area contributed by atoms with Crippen molar-refractivity contribution in [3.8, 4) is 0 Å². The molecule has 1 aromatic carbocycles. The van der Waals surface area contributed by atoms with E-state index >= 15 is 0 Å². The summed E-state index contributed by atoms with van der Waals surface area (Å²) < 4.78 is 0. The van der Waals surface area contributed by atoms with Crippen molar-refractivity contribution in [1.29, 1.82) is 0 Å². The summed E-state index contributed by atoms with van der Waals surface area (Å²) in [4.78, 5) is 2.65. The van der Waals surface area contributed by atoms with Gasteiger partial charge in [-0.3, -0.25) is 4.90 Å². The summed E-state index contributed by atoms with van der Waals surface area (Å²) >= 11 is 0. The van der Waals surface area contributed by atoms with Crippen molar-refractivity contribution in [3.05, 3.63) is 35.9 Å². The van der Waals surface area contributed by atoms with Crippen molar-refractivity contribution in [2.24, 2.45) is 5.92 Å². The van der Waals surface area contributed by atoms with Gasteiger partial charge in [-0.05, 0) is 37.3 Å². The summed E-state index contributed by atoms with van der Waals surface area (Å²) in [5.41, 5.74) is 1.93. The molecule has 0 bridgehead atoms. The molecular formula is C17H26N2. The zero-order valence-corrected chi connectivity index (χ0v) is 12.1. The van der Waals surface area contributed by atoms with E-state index in [1.54, 1.807) is 0 Å². The standard InChI is InChI=1S/C17H26N2/c1-2-16-14-19(13-15-7-4-3-5-8-15)12-10-17(16)9-6-11-18-17/h3-5,7-8,16,18H,2,6,9-14H2,1H3/t16-,17-/m0/s1. The first-order valence-electron chi connectivity index (χ1n) is 7.84. The predicted octanol–water partition coefficient (Wildman–Crippen LogP) is 3.04. The van der Waals surface area contributed by atoms with Crippen LogP contribution in [0.2, 0.25) is 0 Å². The zero-order chi connectivity index (χ0) is 13.1. The molecule has 19 heavy (non-hydrogen) atoms. The Morgan fingerprint density at radius 1 is 1.26 bits per heavy atom. The van der Waals surface area contributed by atoms with E-state index in [9.17, 15) is 0 Å². The van der Waals surface area contributed by atoms with Crippen LogP contribution in [0, 0.1) is 5.92 Å². The third kappa shape index (κ3) is 2.70. The maximum absolute atomic E-state index is 3.83. The molecule has 1 spiro atoms. The molecule has 2 nitrogen and oxygen atoms in total. The molecule has 1 aromatic rings. The van der Waals surface area contributed by atoms with Crippen molar-refractivity contribution in [2.45, 2.75) is 44.7 Å². The summed E-state index contributed by atoms with van der Waals surface area (Å²) in [6.45, 7) is 7.22. The second kappa shape index (κ2) is 5.64. The summed E-state index contributed by atoms with van der Waals surface area (Å²) in [6, 6.07) is 10.9. The molecule has 2 heterocycles. The van der Waals surface area contributed by atoms with Crippen molar-refractivity contribution in [2.75, 3.05) is 19.6 Å². The lowest BCUT2D eigenvalue weighted by Crippen LogP contribution is -2.56. The molecule has 2 heteroatoms. The molecule has 0 amide bonds. The van der Waals surface area contributed by atoms with Crippen LogP contribution in [0.4, 0.5) is 0 Å². The number of likely N-dealkylation sites (tertiary alicyclic amines) is 1. The summed E-state index contributed by atoms with van der Waals surface area (Å²) in [7, 11) is 0. The molecular weight excluding hydrogens is 232 g/mol. The Bertz CT molecular complexity index is 395. The van der Waals surface area contributed by atoms with Gasteiger partial charge < -0.3 is 5.32 Å². The number of nitrogens with zero attached hydrogens (tertiary/aromatic N) is 1. The van der Waals surface area contributed by atoms with Crippen LogP contribution in [0.5, 0.6) is 0 Å². The first kappa shape index (κ1) is 13.1. The van der Waals surface area contributed by atoms with Crippen LogP contribution in [-0.4, -0.2) is 30.1 Å². The predicted molar refractivity (Wildman–Crippen MR) is 80.1 cm³/mol. The molecule has 3 rings (SSSR count). The van der Waals surface area contributed by atoms with Gasteiger partial charge in [-0.2, -0.15) is 0 Å². The molecule has 2 saturated heterocycles. The average Bonchev–Trinajstić information content (AvgIpc) is 2.92. The third-order valence-electron chi connectivity index (χ3n) is 5.15. The minimum Gasteiger partial charge on any atom is -0.311 e. The van der Waals surface area contributed by atoms with Gasteiger partial charge in [-0.15, -0.1) is 0 Å². The maximum Gasteiger partial charge on any atom is 0.0234 e. The molecule has 2 aliphatic heterocycles. The lowest BCUT2D eigenvalue weighted by atomic mass is 9.75. The Labute approximate surface area is 117 Å². The van der Waals surface area contributed by atoms with Gasteiger partial charge >= 0.3 is 0 Å². The number of rotatable bonds is 3. The van der Waals surface area contributed by atoms with Crippen molar-refractivity contribution >= 4 is 0 Å². The van der Waals surface area contributed by atoms with E-state index < -0.39 is 0 Å². The topological polar surface area (TPSA) is 15.3 Å². The van der Waals surface area contributed by atoms with E-state index in [4.69, 9.17) is 0 Å². The fourth-order valence-electron chi connectivity index (χ4n) is 4.04. The molecule has 0 aliphatic carbocycles. The Balaban J connectivity index is 1.65. The largest absolute Gasteiger partial charge is 0.311 e. The second-order valence-electron chi connectivity index (χ2n) is 6.26. The molecule has 1 N–H and O–H groups in total. The number of hydrogen-bond acceptors (Lipinski definition) is 2. The van der Waals surface area contributed by atoms with Gasteiger partial charge in [0.1, 0.15) is 0 Å². The van der Waals surface area contributed by atoms with Crippen LogP contribution in [0.1, 0.15) is 38.2 Å². The van der Waals surface area contributed by atoms with Gasteiger partial charge in [0.2, 0.25) is 0 Å². The van der Waals surface area contributed by atoms with E-state index in [1.807, 2.05) is 0 Å². The van der Waals surface area contributed by atoms with Crippen LogP contribution in [-0.2, 0) is 6.54 Å². The Morgan fingerprint density at radius 3 is 2.79 bits per heavy atom. The molecule has 0 radical (unpaired) electrons. The van der Waals surface area contributed by atoms with Gasteiger partial charge in [0.15, 0.2) is 0 Å². The Hall–Kier alpha value is -0.860. The van der Waals surface area contributed by atoms with Gasteiger partial charge in [0.05, 0.1) is 0 Å². The SMILES string of the molecule is CC[C@H]1CN(Cc2ccccc2)CC[C@@]12CCCN2. The second-order valence-corrected chi connectivity index (χ2v) is 6.26. The lowest BCUT2D eigenvalue weighted by molar-refractivity contribution is 0.0733. The van der Waals surface area contributed by atoms with Crippen LogP contribution < -0.4 is 5.32 Å². The van der Waals surface area contributed by atoms with Gasteiger partial charge in [0.25, 0.3) is 0 Å².